The van der Waals surface area contributed by atoms with Crippen molar-refractivity contribution in [1.82, 2.24) is 0 Å². The summed E-state index contributed by atoms with van der Waals surface area (Å²) in [5.74, 6) is -2.03. The number of hydrogen-bond acceptors (Lipinski definition) is 13. The fourth-order valence-electron chi connectivity index (χ4n) is 6.37. The Kier molecular flexibility index (Phi) is 14.9. The van der Waals surface area contributed by atoms with Gasteiger partial charge in [-0.2, -0.15) is 0 Å². The Morgan fingerprint density at radius 2 is 1.02 bits per heavy atom. The van der Waals surface area contributed by atoms with Crippen molar-refractivity contribution < 1.29 is 61.8 Å². The molecule has 3 aromatic rings. The average molecular weight is 737 g/mol. The second kappa shape index (κ2) is 19.7. The summed E-state index contributed by atoms with van der Waals surface area (Å²) in [5, 5.41) is 0. The molecule has 10 atom stereocenters. The standard InChI is InChI=1S/C40H48O13/c1-25-33(49-26(2)41)36(50-27(3)42)38(51-28(4)43)40(48-25)53-34-32(24-45-21-29-15-9-6-10-16-29)52-39(44-5)37(47-23-31-19-13-8-14-20-31)35(34)46-22-30-17-11-7-12-18-30/h6-20,25,32-40H,21-24H2,1-5H3/t25-,32+,33-,34+,35-,36+,37+,38+,39-,40-/m0/s1. The second-order valence-corrected chi connectivity index (χ2v) is 12.8. The Labute approximate surface area is 309 Å². The Morgan fingerprint density at radius 1 is 0.547 bits per heavy atom. The van der Waals surface area contributed by atoms with E-state index < -0.39 is 79.3 Å². The summed E-state index contributed by atoms with van der Waals surface area (Å²) in [7, 11) is 1.52. The van der Waals surface area contributed by atoms with Crippen LogP contribution in [0.3, 0.4) is 0 Å². The Balaban J connectivity index is 1.52. The fourth-order valence-corrected chi connectivity index (χ4v) is 6.37. The van der Waals surface area contributed by atoms with Crippen molar-refractivity contribution in [3.05, 3.63) is 108 Å². The lowest BCUT2D eigenvalue weighted by Crippen LogP contribution is -2.66. The molecule has 2 heterocycles. The third kappa shape index (κ3) is 11.4. The lowest BCUT2D eigenvalue weighted by molar-refractivity contribution is -0.365. The maximum atomic E-state index is 12.5. The summed E-state index contributed by atoms with van der Waals surface area (Å²) >= 11 is 0. The molecule has 2 aliphatic heterocycles. The molecule has 3 aromatic carbocycles. The minimum Gasteiger partial charge on any atom is -0.456 e. The molecule has 0 N–H and O–H groups in total. The maximum absolute atomic E-state index is 12.5. The van der Waals surface area contributed by atoms with Crippen LogP contribution in [0.1, 0.15) is 44.4 Å². The first-order chi connectivity index (χ1) is 25.6. The van der Waals surface area contributed by atoms with Crippen LogP contribution < -0.4 is 0 Å². The maximum Gasteiger partial charge on any atom is 0.303 e. The fraction of sp³-hybridized carbons (Fsp3) is 0.475. The third-order valence-electron chi connectivity index (χ3n) is 8.71. The van der Waals surface area contributed by atoms with E-state index in [1.54, 1.807) is 6.92 Å². The van der Waals surface area contributed by atoms with Crippen LogP contribution in [0, 0.1) is 0 Å². The quantitative estimate of drug-likeness (QED) is 0.149. The average Bonchev–Trinajstić information content (AvgIpc) is 3.14. The van der Waals surface area contributed by atoms with Crippen LogP contribution in [0.5, 0.6) is 0 Å². The molecule has 0 aliphatic carbocycles. The van der Waals surface area contributed by atoms with E-state index >= 15 is 0 Å². The molecule has 53 heavy (non-hydrogen) atoms. The molecule has 2 aliphatic rings. The predicted molar refractivity (Wildman–Crippen MR) is 188 cm³/mol. The van der Waals surface area contributed by atoms with Gasteiger partial charge in [-0.05, 0) is 23.6 Å². The number of esters is 3. The number of carbonyl (C=O) groups is 3. The molecule has 0 spiro atoms. The van der Waals surface area contributed by atoms with Crippen LogP contribution in [0.2, 0.25) is 0 Å². The van der Waals surface area contributed by atoms with E-state index in [0.29, 0.717) is 0 Å². The minimum atomic E-state index is -1.36. The third-order valence-corrected chi connectivity index (χ3v) is 8.71. The van der Waals surface area contributed by atoms with Gasteiger partial charge in [0.1, 0.15) is 24.4 Å². The number of ether oxygens (including phenoxy) is 10. The molecule has 0 radical (unpaired) electrons. The van der Waals surface area contributed by atoms with E-state index in [2.05, 4.69) is 0 Å². The highest BCUT2D eigenvalue weighted by Gasteiger charge is 2.55. The summed E-state index contributed by atoms with van der Waals surface area (Å²) in [4.78, 5) is 37.0. The van der Waals surface area contributed by atoms with Crippen LogP contribution in [0.4, 0.5) is 0 Å². The van der Waals surface area contributed by atoms with Crippen molar-refractivity contribution in [3.63, 3.8) is 0 Å². The highest BCUT2D eigenvalue weighted by Crippen LogP contribution is 2.35. The molecule has 2 fully saturated rings. The zero-order valence-electron chi connectivity index (χ0n) is 30.6. The molecule has 0 saturated carbocycles. The number of benzene rings is 3. The molecule has 0 aromatic heterocycles. The van der Waals surface area contributed by atoms with E-state index in [9.17, 15) is 14.4 Å². The number of methoxy groups -OCH3 is 1. The molecule has 0 unspecified atom stereocenters. The van der Waals surface area contributed by atoms with Gasteiger partial charge in [-0.1, -0.05) is 91.0 Å². The van der Waals surface area contributed by atoms with Crippen molar-refractivity contribution in [2.24, 2.45) is 0 Å². The van der Waals surface area contributed by atoms with Crippen molar-refractivity contribution in [2.75, 3.05) is 13.7 Å². The van der Waals surface area contributed by atoms with Gasteiger partial charge in [-0.3, -0.25) is 14.4 Å². The largest absolute Gasteiger partial charge is 0.456 e. The van der Waals surface area contributed by atoms with Gasteiger partial charge >= 0.3 is 17.9 Å². The van der Waals surface area contributed by atoms with Crippen molar-refractivity contribution in [1.29, 1.82) is 0 Å². The molecule has 0 amide bonds. The molecule has 13 heteroatoms. The SMILES string of the molecule is CO[C@H]1O[C@H](COCc2ccccc2)[C@@H](O[C@@H]2O[C@@H](C)[C@H](OC(C)=O)[C@@H](OC(C)=O)[C@H]2OC(C)=O)[C@H](OCc2ccccc2)[C@H]1OCc1ccccc1. The molecule has 2 saturated heterocycles. The van der Waals surface area contributed by atoms with Gasteiger partial charge in [-0.15, -0.1) is 0 Å². The molecule has 13 nitrogen and oxygen atoms in total. The Hall–Kier alpha value is -4.21. The monoisotopic (exact) mass is 736 g/mol. The zero-order valence-corrected chi connectivity index (χ0v) is 30.6. The van der Waals surface area contributed by atoms with E-state index in [0.717, 1.165) is 16.7 Å². The van der Waals surface area contributed by atoms with Crippen LogP contribution in [-0.4, -0.2) is 93.0 Å². The number of carbonyl (C=O) groups excluding carboxylic acids is 3. The van der Waals surface area contributed by atoms with Gasteiger partial charge in [-0.25, -0.2) is 0 Å². The van der Waals surface area contributed by atoms with E-state index in [-0.39, 0.29) is 26.4 Å². The van der Waals surface area contributed by atoms with Crippen molar-refractivity contribution in [2.45, 2.75) is 109 Å². The zero-order chi connectivity index (χ0) is 37.7. The Bertz CT molecular complexity index is 1570. The predicted octanol–water partition coefficient (Wildman–Crippen LogP) is 4.67. The van der Waals surface area contributed by atoms with Crippen LogP contribution in [0.25, 0.3) is 0 Å². The molecular formula is C40H48O13. The van der Waals surface area contributed by atoms with Gasteiger partial charge in [0.15, 0.2) is 30.9 Å². The number of hydrogen-bond donors (Lipinski definition) is 0. The summed E-state index contributed by atoms with van der Waals surface area (Å²) in [5.41, 5.74) is 2.75. The summed E-state index contributed by atoms with van der Waals surface area (Å²) in [6.45, 7) is 5.94. The van der Waals surface area contributed by atoms with Gasteiger partial charge in [0, 0.05) is 27.9 Å². The first-order valence-corrected chi connectivity index (χ1v) is 17.6. The van der Waals surface area contributed by atoms with Crippen molar-refractivity contribution in [3.8, 4) is 0 Å². The van der Waals surface area contributed by atoms with Gasteiger partial charge in [0.2, 0.25) is 0 Å². The lowest BCUT2D eigenvalue weighted by atomic mass is 9.96. The minimum absolute atomic E-state index is 0.0278. The van der Waals surface area contributed by atoms with Crippen LogP contribution >= 0.6 is 0 Å². The second-order valence-electron chi connectivity index (χ2n) is 12.8. The Morgan fingerprint density at radius 3 is 1.53 bits per heavy atom. The van der Waals surface area contributed by atoms with E-state index in [4.69, 9.17) is 47.4 Å². The number of rotatable bonds is 16. The normalized spacial score (nSPS) is 28.5. The summed E-state index contributed by atoms with van der Waals surface area (Å²) in [6, 6.07) is 28.9. The highest BCUT2D eigenvalue weighted by molar-refractivity contribution is 5.68. The lowest BCUT2D eigenvalue weighted by Gasteiger charge is -2.49. The van der Waals surface area contributed by atoms with Crippen molar-refractivity contribution >= 4 is 17.9 Å². The van der Waals surface area contributed by atoms with Gasteiger partial charge < -0.3 is 47.4 Å². The molecular weight excluding hydrogens is 688 g/mol. The topological polar surface area (TPSA) is 144 Å². The van der Waals surface area contributed by atoms with Crippen LogP contribution in [0.15, 0.2) is 91.0 Å². The van der Waals surface area contributed by atoms with Gasteiger partial charge in [0.05, 0.1) is 32.5 Å². The molecule has 286 valence electrons. The van der Waals surface area contributed by atoms with Crippen LogP contribution in [-0.2, 0) is 81.6 Å². The molecule has 0 bridgehead atoms. The smallest absolute Gasteiger partial charge is 0.303 e. The first kappa shape index (κ1) is 40.0. The highest BCUT2D eigenvalue weighted by atomic mass is 16.8. The first-order valence-electron chi connectivity index (χ1n) is 17.6. The van der Waals surface area contributed by atoms with E-state index in [1.807, 2.05) is 91.0 Å². The van der Waals surface area contributed by atoms with E-state index in [1.165, 1.54) is 27.9 Å². The van der Waals surface area contributed by atoms with Gasteiger partial charge in [0.25, 0.3) is 0 Å². The summed E-state index contributed by atoms with van der Waals surface area (Å²) < 4.78 is 61.7. The summed E-state index contributed by atoms with van der Waals surface area (Å²) in [6.07, 6.45) is -10.4. The molecule has 5 rings (SSSR count).